The van der Waals surface area contributed by atoms with Gasteiger partial charge in [0, 0.05) is 19.2 Å². The molecule has 0 spiro atoms. The number of nitrogens with zero attached hydrogens (tertiary/aromatic N) is 4. The van der Waals surface area contributed by atoms with Gasteiger partial charge >= 0.3 is 12.3 Å². The first kappa shape index (κ1) is 28.5. The summed E-state index contributed by atoms with van der Waals surface area (Å²) in [6.45, 7) is 1.53. The van der Waals surface area contributed by atoms with E-state index in [0.717, 1.165) is 21.1 Å². The number of nitrogens with one attached hydrogen (secondary N) is 2. The van der Waals surface area contributed by atoms with E-state index < -0.39 is 52.1 Å². The number of hydrogen-bond acceptors (Lipinski definition) is 4. The van der Waals surface area contributed by atoms with Crippen LogP contribution in [-0.2, 0) is 23.1 Å². The standard InChI is InChI=1S/C28H23F5N6O3/c1-27(13-20(40)38(2)25(37-27)36-26(41)42)16-9-6-10-19(22(16)30)39-23-18(12-11-17(29)21(23)28(31,32)33)35-24(39)34-14-15-7-4-3-5-8-15/h3-12H,13-14H2,1-2H3,(H,34,35)(H,36,37)(H,41,42)/t27-/m0/s1. The predicted octanol–water partition coefficient (Wildman–Crippen LogP) is 5.64. The van der Waals surface area contributed by atoms with Crippen LogP contribution in [0, 0.1) is 11.6 Å². The first-order valence-electron chi connectivity index (χ1n) is 12.5. The van der Waals surface area contributed by atoms with Crippen molar-refractivity contribution in [1.29, 1.82) is 0 Å². The maximum absolute atomic E-state index is 16.5. The highest BCUT2D eigenvalue weighted by Gasteiger charge is 2.42. The second kappa shape index (κ2) is 10.4. The number of amides is 2. The van der Waals surface area contributed by atoms with Gasteiger partial charge in [0.15, 0.2) is 5.82 Å². The number of imidazole rings is 1. The van der Waals surface area contributed by atoms with Gasteiger partial charge in [0.1, 0.15) is 11.4 Å². The predicted molar refractivity (Wildman–Crippen MR) is 143 cm³/mol. The van der Waals surface area contributed by atoms with E-state index in [9.17, 15) is 27.2 Å². The molecule has 2 heterocycles. The van der Waals surface area contributed by atoms with Gasteiger partial charge in [-0.15, -0.1) is 4.99 Å². The summed E-state index contributed by atoms with van der Waals surface area (Å²) in [7, 11) is 1.29. The minimum atomic E-state index is -5.15. The lowest BCUT2D eigenvalue weighted by molar-refractivity contribution is -0.138. The molecule has 4 aromatic rings. The number of rotatable bonds is 5. The molecule has 1 saturated heterocycles. The largest absolute Gasteiger partial charge is 0.463 e. The van der Waals surface area contributed by atoms with E-state index >= 15 is 4.39 Å². The zero-order valence-corrected chi connectivity index (χ0v) is 22.1. The molecule has 0 bridgehead atoms. The molecule has 0 unspecified atom stereocenters. The van der Waals surface area contributed by atoms with E-state index in [-0.39, 0.29) is 36.0 Å². The summed E-state index contributed by atoms with van der Waals surface area (Å²) in [5.41, 5.74) is -3.95. The van der Waals surface area contributed by atoms with Gasteiger partial charge in [-0.2, -0.15) is 13.2 Å². The molecule has 1 atom stereocenters. The van der Waals surface area contributed by atoms with Gasteiger partial charge in [-0.25, -0.2) is 18.6 Å². The number of halogens is 5. The summed E-state index contributed by atoms with van der Waals surface area (Å²) in [5.74, 6) is -3.73. The quantitative estimate of drug-likeness (QED) is 0.261. The van der Waals surface area contributed by atoms with Gasteiger partial charge in [0.2, 0.25) is 17.8 Å². The number of fused-ring (bicyclic) bond motifs is 1. The number of aromatic nitrogens is 2. The monoisotopic (exact) mass is 586 g/mol. The Morgan fingerprint density at radius 2 is 1.83 bits per heavy atom. The number of hydrogen-bond donors (Lipinski definition) is 3. The van der Waals surface area contributed by atoms with Crippen LogP contribution in [0.5, 0.6) is 0 Å². The van der Waals surface area contributed by atoms with Crippen LogP contribution in [0.25, 0.3) is 16.7 Å². The lowest BCUT2D eigenvalue weighted by Gasteiger charge is -2.40. The maximum atomic E-state index is 16.5. The third-order valence-corrected chi connectivity index (χ3v) is 6.94. The molecule has 5 rings (SSSR count). The number of aliphatic imine (C=N–C) groups is 1. The topological polar surface area (TPSA) is 112 Å². The summed E-state index contributed by atoms with van der Waals surface area (Å²) < 4.78 is 74.7. The Bertz CT molecular complexity index is 1740. The molecule has 1 aliphatic heterocycles. The van der Waals surface area contributed by atoms with Crippen molar-refractivity contribution in [3.63, 3.8) is 0 Å². The third kappa shape index (κ3) is 5.10. The molecule has 3 N–H and O–H groups in total. The second-order valence-electron chi connectivity index (χ2n) is 9.84. The maximum Gasteiger partial charge on any atom is 0.434 e. The molecular weight excluding hydrogens is 563 g/mol. The molecule has 42 heavy (non-hydrogen) atoms. The molecule has 1 aliphatic rings. The van der Waals surface area contributed by atoms with E-state index in [1.807, 2.05) is 0 Å². The van der Waals surface area contributed by atoms with Crippen LogP contribution >= 0.6 is 0 Å². The summed E-state index contributed by atoms with van der Waals surface area (Å²) in [6, 6.07) is 14.4. The number of guanidine groups is 1. The average molecular weight is 587 g/mol. The fourth-order valence-corrected chi connectivity index (χ4v) is 4.93. The van der Waals surface area contributed by atoms with Gasteiger partial charge in [-0.1, -0.05) is 42.5 Å². The van der Waals surface area contributed by atoms with Crippen molar-refractivity contribution >= 4 is 34.9 Å². The molecule has 14 heteroatoms. The van der Waals surface area contributed by atoms with Crippen LogP contribution in [0.1, 0.15) is 30.0 Å². The zero-order chi connectivity index (χ0) is 30.4. The molecule has 0 aliphatic carbocycles. The Balaban J connectivity index is 1.72. The van der Waals surface area contributed by atoms with Gasteiger partial charge in [0.05, 0.1) is 28.7 Å². The Labute approximate surface area is 235 Å². The zero-order valence-electron chi connectivity index (χ0n) is 22.1. The van der Waals surface area contributed by atoms with Crippen molar-refractivity contribution < 1.29 is 36.6 Å². The van der Waals surface area contributed by atoms with Crippen LogP contribution in [-0.4, -0.2) is 44.6 Å². The van der Waals surface area contributed by atoms with Crippen molar-refractivity contribution in [3.05, 3.63) is 89.0 Å². The van der Waals surface area contributed by atoms with E-state index in [4.69, 9.17) is 5.11 Å². The van der Waals surface area contributed by atoms with Crippen molar-refractivity contribution in [2.45, 2.75) is 31.6 Å². The van der Waals surface area contributed by atoms with E-state index in [2.05, 4.69) is 20.6 Å². The van der Waals surface area contributed by atoms with Gasteiger partial charge < -0.3 is 15.7 Å². The summed E-state index contributed by atoms with van der Waals surface area (Å²) >= 11 is 0. The molecule has 9 nitrogen and oxygen atoms in total. The fraction of sp³-hybridized carbons (Fsp3) is 0.214. The van der Waals surface area contributed by atoms with Crippen molar-refractivity contribution in [2.75, 3.05) is 12.4 Å². The highest BCUT2D eigenvalue weighted by Crippen LogP contribution is 2.41. The Hall–Kier alpha value is -5.01. The van der Waals surface area contributed by atoms with Gasteiger partial charge in [-0.3, -0.25) is 14.3 Å². The first-order chi connectivity index (χ1) is 19.8. The first-order valence-corrected chi connectivity index (χ1v) is 12.5. The molecule has 1 aromatic heterocycles. The molecule has 0 radical (unpaired) electrons. The fourth-order valence-electron chi connectivity index (χ4n) is 4.93. The Kier molecular flexibility index (Phi) is 7.08. The highest BCUT2D eigenvalue weighted by molar-refractivity contribution is 6.03. The molecule has 218 valence electrons. The second-order valence-corrected chi connectivity index (χ2v) is 9.84. The van der Waals surface area contributed by atoms with Crippen molar-refractivity contribution in [2.24, 2.45) is 4.99 Å². The number of carboxylic acid groups (broad SMARTS) is 1. The Morgan fingerprint density at radius 3 is 2.50 bits per heavy atom. The van der Waals surface area contributed by atoms with Crippen molar-refractivity contribution in [1.82, 2.24) is 19.8 Å². The van der Waals surface area contributed by atoms with E-state index in [1.165, 1.54) is 32.2 Å². The molecule has 0 saturated carbocycles. The smallest absolute Gasteiger partial charge is 0.434 e. The number of carbonyl (C=O) groups excluding carboxylic acids is 1. The third-order valence-electron chi connectivity index (χ3n) is 6.94. The lowest BCUT2D eigenvalue weighted by atomic mass is 9.86. The molecule has 1 fully saturated rings. The van der Waals surface area contributed by atoms with Crippen LogP contribution in [0.4, 0.5) is 32.7 Å². The SMILES string of the molecule is CN1C(=O)C[C@@](C)(c2cccc(-n3c(NCc4ccccc4)nc4ccc(F)c(C(F)(F)F)c43)c2F)N/C1=N/C(=O)O. The summed E-state index contributed by atoms with van der Waals surface area (Å²) in [6.07, 6.45) is -7.09. The van der Waals surface area contributed by atoms with Crippen LogP contribution in [0.15, 0.2) is 65.7 Å². The van der Waals surface area contributed by atoms with Crippen LogP contribution in [0.3, 0.4) is 0 Å². The number of anilines is 1. The van der Waals surface area contributed by atoms with Crippen LogP contribution in [0.2, 0.25) is 0 Å². The minimum Gasteiger partial charge on any atom is -0.463 e. The average Bonchev–Trinajstić information content (AvgIpc) is 3.27. The van der Waals surface area contributed by atoms with E-state index in [0.29, 0.717) is 6.07 Å². The summed E-state index contributed by atoms with van der Waals surface area (Å²) in [4.78, 5) is 32.5. The lowest BCUT2D eigenvalue weighted by Crippen LogP contribution is -2.59. The molecule has 2 amide bonds. The van der Waals surface area contributed by atoms with Crippen LogP contribution < -0.4 is 10.6 Å². The van der Waals surface area contributed by atoms with Gasteiger partial charge in [0.25, 0.3) is 0 Å². The van der Waals surface area contributed by atoms with Gasteiger partial charge in [-0.05, 0) is 30.7 Å². The number of benzene rings is 3. The highest BCUT2D eigenvalue weighted by atomic mass is 19.4. The van der Waals surface area contributed by atoms with E-state index in [1.54, 1.807) is 30.3 Å². The minimum absolute atomic E-state index is 0.102. The number of carbonyl (C=O) groups is 2. The van der Waals surface area contributed by atoms with Crippen molar-refractivity contribution in [3.8, 4) is 5.69 Å². The number of alkyl halides is 3. The normalized spacial score (nSPS) is 18.4. The molecular formula is C28H23F5N6O3. The molecule has 3 aromatic carbocycles. The summed E-state index contributed by atoms with van der Waals surface area (Å²) in [5, 5.41) is 14.8. The Morgan fingerprint density at radius 1 is 1.12 bits per heavy atom.